The SMILES string of the molecule is COCCOc1ccc(C(=O)NC(=S)Nc2c(C)cccc2C)cc1Br. The third-order valence-electron chi connectivity index (χ3n) is 3.69. The Bertz CT molecular complexity index is 791. The molecule has 0 aromatic heterocycles. The van der Waals surface area contributed by atoms with E-state index in [1.54, 1.807) is 25.3 Å². The number of thiocarbonyl (C=S) groups is 1. The van der Waals surface area contributed by atoms with Gasteiger partial charge in [-0.15, -0.1) is 0 Å². The number of ether oxygens (including phenoxy) is 2. The molecule has 0 unspecified atom stereocenters. The highest BCUT2D eigenvalue weighted by molar-refractivity contribution is 9.10. The Morgan fingerprint density at radius 3 is 2.46 bits per heavy atom. The quantitative estimate of drug-likeness (QED) is 0.524. The molecule has 138 valence electrons. The van der Waals surface area contributed by atoms with Gasteiger partial charge in [0.05, 0.1) is 11.1 Å². The average Bonchev–Trinajstić information content (AvgIpc) is 2.59. The van der Waals surface area contributed by atoms with E-state index in [1.807, 2.05) is 32.0 Å². The van der Waals surface area contributed by atoms with Crippen molar-refractivity contribution in [1.82, 2.24) is 5.32 Å². The first-order valence-corrected chi connectivity index (χ1v) is 9.22. The predicted octanol–water partition coefficient (Wildman–Crippen LogP) is 4.22. The molecule has 0 radical (unpaired) electrons. The summed E-state index contributed by atoms with van der Waals surface area (Å²) in [5.74, 6) is 0.354. The molecule has 0 fully saturated rings. The van der Waals surface area contributed by atoms with Gasteiger partial charge >= 0.3 is 0 Å². The van der Waals surface area contributed by atoms with Gasteiger partial charge in [0.1, 0.15) is 12.4 Å². The van der Waals surface area contributed by atoms with Crippen LogP contribution in [0.3, 0.4) is 0 Å². The van der Waals surface area contributed by atoms with E-state index in [4.69, 9.17) is 21.7 Å². The van der Waals surface area contributed by atoms with E-state index in [2.05, 4.69) is 26.6 Å². The van der Waals surface area contributed by atoms with E-state index in [1.165, 1.54) is 0 Å². The zero-order valence-electron chi connectivity index (χ0n) is 14.9. The van der Waals surface area contributed by atoms with Crippen molar-refractivity contribution in [2.24, 2.45) is 0 Å². The fraction of sp³-hybridized carbons (Fsp3) is 0.263. The molecule has 1 amide bonds. The molecule has 0 bridgehead atoms. The second kappa shape index (κ2) is 9.66. The van der Waals surface area contributed by atoms with Gasteiger partial charge in [0.25, 0.3) is 5.91 Å². The summed E-state index contributed by atoms with van der Waals surface area (Å²) in [6, 6.07) is 11.1. The van der Waals surface area contributed by atoms with Crippen molar-refractivity contribution in [3.8, 4) is 5.75 Å². The normalized spacial score (nSPS) is 10.3. The predicted molar refractivity (Wildman–Crippen MR) is 111 cm³/mol. The minimum Gasteiger partial charge on any atom is -0.490 e. The van der Waals surface area contributed by atoms with Crippen LogP contribution in [0.2, 0.25) is 0 Å². The van der Waals surface area contributed by atoms with E-state index >= 15 is 0 Å². The topological polar surface area (TPSA) is 59.6 Å². The van der Waals surface area contributed by atoms with Crippen molar-refractivity contribution in [2.75, 3.05) is 25.6 Å². The van der Waals surface area contributed by atoms with Gasteiger partial charge in [0, 0.05) is 18.4 Å². The molecule has 2 aromatic rings. The second-order valence-corrected chi connectivity index (χ2v) is 6.92. The fourth-order valence-corrected chi connectivity index (χ4v) is 3.01. The van der Waals surface area contributed by atoms with Crippen molar-refractivity contribution in [2.45, 2.75) is 13.8 Å². The molecule has 0 atom stereocenters. The van der Waals surface area contributed by atoms with Gasteiger partial charge in [0.2, 0.25) is 0 Å². The summed E-state index contributed by atoms with van der Waals surface area (Å²) in [6.45, 7) is 4.90. The number of rotatable bonds is 6. The minimum atomic E-state index is -0.294. The van der Waals surface area contributed by atoms with Crippen molar-refractivity contribution in [3.05, 3.63) is 57.6 Å². The molecule has 7 heteroatoms. The molecule has 0 aliphatic heterocycles. The van der Waals surface area contributed by atoms with Gasteiger partial charge in [-0.3, -0.25) is 10.1 Å². The Kier molecular flexibility index (Phi) is 7.56. The molecule has 0 saturated heterocycles. The highest BCUT2D eigenvalue weighted by Crippen LogP contribution is 2.26. The van der Waals surface area contributed by atoms with E-state index < -0.39 is 0 Å². The Labute approximate surface area is 167 Å². The maximum Gasteiger partial charge on any atom is 0.257 e. The van der Waals surface area contributed by atoms with Gasteiger partial charge in [0.15, 0.2) is 5.11 Å². The molecule has 2 N–H and O–H groups in total. The monoisotopic (exact) mass is 436 g/mol. The molecule has 0 saturated carbocycles. The third kappa shape index (κ3) is 5.52. The first-order valence-electron chi connectivity index (χ1n) is 8.02. The van der Waals surface area contributed by atoms with Crippen molar-refractivity contribution in [1.29, 1.82) is 0 Å². The zero-order chi connectivity index (χ0) is 19.1. The number of hydrogen-bond donors (Lipinski definition) is 2. The number of hydrogen-bond acceptors (Lipinski definition) is 4. The molecule has 0 aliphatic carbocycles. The van der Waals surface area contributed by atoms with Crippen LogP contribution in [0.1, 0.15) is 21.5 Å². The fourth-order valence-electron chi connectivity index (χ4n) is 2.33. The van der Waals surface area contributed by atoms with Crippen LogP contribution in [-0.2, 0) is 4.74 Å². The lowest BCUT2D eigenvalue weighted by Gasteiger charge is -2.14. The number of halogens is 1. The summed E-state index contributed by atoms with van der Waals surface area (Å²) in [7, 11) is 1.61. The molecular weight excluding hydrogens is 416 g/mol. The Morgan fingerprint density at radius 2 is 1.85 bits per heavy atom. The molecule has 26 heavy (non-hydrogen) atoms. The maximum atomic E-state index is 12.4. The van der Waals surface area contributed by atoms with Crippen LogP contribution in [0.25, 0.3) is 0 Å². The lowest BCUT2D eigenvalue weighted by atomic mass is 10.1. The van der Waals surface area contributed by atoms with Crippen LogP contribution in [0.4, 0.5) is 5.69 Å². The van der Waals surface area contributed by atoms with Crippen molar-refractivity contribution < 1.29 is 14.3 Å². The number of benzene rings is 2. The zero-order valence-corrected chi connectivity index (χ0v) is 17.3. The van der Waals surface area contributed by atoms with E-state index in [0.717, 1.165) is 16.8 Å². The summed E-state index contributed by atoms with van der Waals surface area (Å²) < 4.78 is 11.2. The van der Waals surface area contributed by atoms with Crippen LogP contribution < -0.4 is 15.4 Å². The Morgan fingerprint density at radius 1 is 1.15 bits per heavy atom. The summed E-state index contributed by atoms with van der Waals surface area (Å²) in [4.78, 5) is 12.4. The molecular formula is C19H21BrN2O3S. The molecule has 2 aromatic carbocycles. The van der Waals surface area contributed by atoms with E-state index in [-0.39, 0.29) is 11.0 Å². The molecule has 0 heterocycles. The van der Waals surface area contributed by atoms with Gasteiger partial charge in [-0.05, 0) is 71.3 Å². The number of carbonyl (C=O) groups excluding carboxylic acids is 1. The highest BCUT2D eigenvalue weighted by atomic mass is 79.9. The van der Waals surface area contributed by atoms with Crippen molar-refractivity contribution >= 4 is 44.9 Å². The largest absolute Gasteiger partial charge is 0.490 e. The van der Waals surface area contributed by atoms with Crippen LogP contribution in [-0.4, -0.2) is 31.3 Å². The van der Waals surface area contributed by atoms with Crippen LogP contribution >= 0.6 is 28.1 Å². The number of amides is 1. The number of nitrogens with one attached hydrogen (secondary N) is 2. The van der Waals surface area contributed by atoms with E-state index in [0.29, 0.717) is 29.0 Å². The van der Waals surface area contributed by atoms with E-state index in [9.17, 15) is 4.79 Å². The lowest BCUT2D eigenvalue weighted by molar-refractivity contribution is 0.0977. The van der Waals surface area contributed by atoms with Crippen molar-refractivity contribution in [3.63, 3.8) is 0 Å². The number of para-hydroxylation sites is 1. The van der Waals surface area contributed by atoms with Gasteiger partial charge < -0.3 is 14.8 Å². The lowest BCUT2D eigenvalue weighted by Crippen LogP contribution is -2.34. The van der Waals surface area contributed by atoms with Gasteiger partial charge in [-0.2, -0.15) is 0 Å². The number of methoxy groups -OCH3 is 1. The summed E-state index contributed by atoms with van der Waals surface area (Å²) in [6.07, 6.45) is 0. The minimum absolute atomic E-state index is 0.254. The second-order valence-electron chi connectivity index (χ2n) is 5.66. The van der Waals surface area contributed by atoms with Crippen LogP contribution in [0, 0.1) is 13.8 Å². The maximum absolute atomic E-state index is 12.4. The standard InChI is InChI=1S/C19H21BrN2O3S/c1-12-5-4-6-13(2)17(12)21-19(26)22-18(23)14-7-8-16(15(20)11-14)25-10-9-24-3/h4-8,11H,9-10H2,1-3H3,(H2,21,22,23,26). The summed E-state index contributed by atoms with van der Waals surface area (Å²) in [5, 5.41) is 6.04. The summed E-state index contributed by atoms with van der Waals surface area (Å²) >= 11 is 8.68. The molecule has 5 nitrogen and oxygen atoms in total. The van der Waals surface area contributed by atoms with Crippen LogP contribution in [0.15, 0.2) is 40.9 Å². The average molecular weight is 437 g/mol. The number of aryl methyl sites for hydroxylation is 2. The first kappa shape index (κ1) is 20.4. The molecule has 0 spiro atoms. The van der Waals surface area contributed by atoms with Gasteiger partial charge in [-0.25, -0.2) is 0 Å². The first-order chi connectivity index (χ1) is 12.4. The molecule has 0 aliphatic rings. The van der Waals surface area contributed by atoms with Gasteiger partial charge in [-0.1, -0.05) is 18.2 Å². The smallest absolute Gasteiger partial charge is 0.257 e. The highest BCUT2D eigenvalue weighted by Gasteiger charge is 2.12. The number of carbonyl (C=O) groups is 1. The Hall–Kier alpha value is -1.96. The molecule has 2 rings (SSSR count). The third-order valence-corrected chi connectivity index (χ3v) is 4.51. The van der Waals surface area contributed by atoms with Crippen LogP contribution in [0.5, 0.6) is 5.75 Å². The number of anilines is 1. The Balaban J connectivity index is 2.00. The summed E-state index contributed by atoms with van der Waals surface area (Å²) in [5.41, 5.74) is 3.49.